The van der Waals surface area contributed by atoms with Gasteiger partial charge in [-0.15, -0.1) is 10.2 Å². The Balaban J connectivity index is 1.92. The summed E-state index contributed by atoms with van der Waals surface area (Å²) in [7, 11) is 1.64. The highest BCUT2D eigenvalue weighted by Crippen LogP contribution is 2.35. The molecule has 0 unspecified atom stereocenters. The van der Waals surface area contributed by atoms with E-state index in [0.29, 0.717) is 52.8 Å². The molecule has 2 N–H and O–H groups in total. The molecule has 0 amide bonds. The summed E-state index contributed by atoms with van der Waals surface area (Å²) < 4.78 is 5.03. The van der Waals surface area contributed by atoms with Crippen LogP contribution >= 0.6 is 23.2 Å². The summed E-state index contributed by atoms with van der Waals surface area (Å²) >= 11 is 12.5. The number of aromatic nitrogens is 3. The van der Waals surface area contributed by atoms with Crippen molar-refractivity contribution in [3.8, 4) is 11.3 Å². The van der Waals surface area contributed by atoms with E-state index in [1.54, 1.807) is 13.2 Å². The summed E-state index contributed by atoms with van der Waals surface area (Å²) in [6, 6.07) is 15.4. The number of hydrogen-bond donors (Lipinski definition) is 2. The third-order valence-electron chi connectivity index (χ3n) is 3.79. The molecule has 6 nitrogen and oxygen atoms in total. The van der Waals surface area contributed by atoms with Crippen molar-refractivity contribution in [1.29, 1.82) is 0 Å². The zero-order valence-electron chi connectivity index (χ0n) is 14.7. The number of nitrogens with zero attached hydrogens (tertiary/aromatic N) is 3. The van der Waals surface area contributed by atoms with Crippen molar-refractivity contribution < 1.29 is 4.74 Å². The van der Waals surface area contributed by atoms with Crippen molar-refractivity contribution in [3.63, 3.8) is 0 Å². The van der Waals surface area contributed by atoms with Crippen LogP contribution in [-0.2, 0) is 11.3 Å². The van der Waals surface area contributed by atoms with Gasteiger partial charge in [0.15, 0.2) is 5.82 Å². The molecule has 27 heavy (non-hydrogen) atoms. The van der Waals surface area contributed by atoms with Gasteiger partial charge in [-0.1, -0.05) is 65.7 Å². The van der Waals surface area contributed by atoms with Crippen molar-refractivity contribution in [2.24, 2.45) is 0 Å². The summed E-state index contributed by atoms with van der Waals surface area (Å²) in [6.07, 6.45) is 0. The number of hydrogen-bond acceptors (Lipinski definition) is 6. The van der Waals surface area contributed by atoms with Gasteiger partial charge in [0.05, 0.1) is 16.7 Å². The van der Waals surface area contributed by atoms with E-state index in [4.69, 9.17) is 27.9 Å². The van der Waals surface area contributed by atoms with E-state index in [2.05, 4.69) is 25.8 Å². The standard InChI is InChI=1S/C19H19Cl2N5O/c1-27-11-10-22-19-24-18(23-12-13-6-3-2-4-7-13)17(25-26-19)14-8-5-9-15(20)16(14)21/h2-9H,10-12H2,1H3,(H2,22,23,24,26). The van der Waals surface area contributed by atoms with Crippen LogP contribution in [0.2, 0.25) is 10.0 Å². The monoisotopic (exact) mass is 403 g/mol. The van der Waals surface area contributed by atoms with Gasteiger partial charge in [-0.25, -0.2) is 0 Å². The molecule has 0 spiro atoms. The smallest absolute Gasteiger partial charge is 0.244 e. The molecule has 0 fully saturated rings. The Bertz CT molecular complexity index is 893. The Kier molecular flexibility index (Phi) is 6.81. The van der Waals surface area contributed by atoms with E-state index in [0.717, 1.165) is 5.56 Å². The number of rotatable bonds is 8. The normalized spacial score (nSPS) is 10.6. The van der Waals surface area contributed by atoms with Crippen LogP contribution in [0.4, 0.5) is 11.8 Å². The molecule has 1 heterocycles. The van der Waals surface area contributed by atoms with Gasteiger partial charge in [0.2, 0.25) is 5.95 Å². The fraction of sp³-hybridized carbons (Fsp3) is 0.211. The minimum Gasteiger partial charge on any atom is -0.383 e. The number of nitrogens with one attached hydrogen (secondary N) is 2. The second-order valence-corrected chi connectivity index (χ2v) is 6.48. The molecule has 1 aromatic heterocycles. The van der Waals surface area contributed by atoms with Crippen LogP contribution in [0.15, 0.2) is 48.5 Å². The van der Waals surface area contributed by atoms with Crippen LogP contribution in [0.3, 0.4) is 0 Å². The number of ether oxygens (including phenoxy) is 1. The second-order valence-electron chi connectivity index (χ2n) is 5.69. The van der Waals surface area contributed by atoms with Crippen LogP contribution in [0.25, 0.3) is 11.3 Å². The summed E-state index contributed by atoms with van der Waals surface area (Å²) in [5.74, 6) is 0.974. The average molecular weight is 404 g/mol. The van der Waals surface area contributed by atoms with Crippen molar-refractivity contribution >= 4 is 35.0 Å². The van der Waals surface area contributed by atoms with Gasteiger partial charge in [0, 0.05) is 25.8 Å². The largest absolute Gasteiger partial charge is 0.383 e. The van der Waals surface area contributed by atoms with Crippen LogP contribution in [0, 0.1) is 0 Å². The summed E-state index contributed by atoms with van der Waals surface area (Å²) in [5, 5.41) is 15.7. The lowest BCUT2D eigenvalue weighted by molar-refractivity contribution is 0.210. The SMILES string of the molecule is COCCNc1nnc(-c2cccc(Cl)c2Cl)c(NCc2ccccc2)n1. The van der Waals surface area contributed by atoms with Gasteiger partial charge in [-0.05, 0) is 11.6 Å². The first-order valence-electron chi connectivity index (χ1n) is 8.38. The molecular formula is C19H19Cl2N5O. The molecule has 2 aromatic carbocycles. The number of halogens is 2. The van der Waals surface area contributed by atoms with Crippen LogP contribution < -0.4 is 10.6 Å². The van der Waals surface area contributed by atoms with Gasteiger partial charge < -0.3 is 15.4 Å². The van der Waals surface area contributed by atoms with Crippen molar-refractivity contribution in [3.05, 3.63) is 64.1 Å². The number of benzene rings is 2. The third-order valence-corrected chi connectivity index (χ3v) is 4.60. The van der Waals surface area contributed by atoms with Crippen LogP contribution in [-0.4, -0.2) is 35.4 Å². The molecule has 0 atom stereocenters. The fourth-order valence-electron chi connectivity index (χ4n) is 2.44. The lowest BCUT2D eigenvalue weighted by Crippen LogP contribution is -2.13. The number of methoxy groups -OCH3 is 1. The first-order valence-corrected chi connectivity index (χ1v) is 9.14. The molecule has 0 radical (unpaired) electrons. The van der Waals surface area contributed by atoms with E-state index in [1.165, 1.54) is 0 Å². The Labute approximate surface area is 167 Å². The summed E-state index contributed by atoms with van der Waals surface area (Å²) in [6.45, 7) is 1.70. The van der Waals surface area contributed by atoms with Crippen molar-refractivity contribution in [2.45, 2.75) is 6.54 Å². The van der Waals surface area contributed by atoms with E-state index in [9.17, 15) is 0 Å². The second kappa shape index (κ2) is 9.50. The van der Waals surface area contributed by atoms with Gasteiger partial charge in [-0.2, -0.15) is 4.98 Å². The van der Waals surface area contributed by atoms with Crippen molar-refractivity contribution in [1.82, 2.24) is 15.2 Å². The van der Waals surface area contributed by atoms with Gasteiger partial charge >= 0.3 is 0 Å². The quantitative estimate of drug-likeness (QED) is 0.538. The van der Waals surface area contributed by atoms with Gasteiger partial charge in [0.25, 0.3) is 0 Å². The predicted molar refractivity (Wildman–Crippen MR) is 109 cm³/mol. The molecular weight excluding hydrogens is 385 g/mol. The zero-order valence-corrected chi connectivity index (χ0v) is 16.3. The Morgan fingerprint density at radius 1 is 0.963 bits per heavy atom. The van der Waals surface area contributed by atoms with Crippen LogP contribution in [0.5, 0.6) is 0 Å². The third kappa shape index (κ3) is 5.07. The summed E-state index contributed by atoms with van der Waals surface area (Å²) in [5.41, 5.74) is 2.33. The minimum absolute atomic E-state index is 0.407. The van der Waals surface area contributed by atoms with E-state index < -0.39 is 0 Å². The van der Waals surface area contributed by atoms with E-state index in [1.807, 2.05) is 42.5 Å². The Morgan fingerprint density at radius 2 is 1.78 bits per heavy atom. The average Bonchev–Trinajstić information content (AvgIpc) is 2.70. The van der Waals surface area contributed by atoms with Gasteiger partial charge in [-0.3, -0.25) is 0 Å². The Morgan fingerprint density at radius 3 is 2.56 bits per heavy atom. The molecule has 140 valence electrons. The molecule has 8 heteroatoms. The zero-order chi connectivity index (χ0) is 19.1. The minimum atomic E-state index is 0.407. The highest BCUT2D eigenvalue weighted by Gasteiger charge is 2.16. The molecule has 3 aromatic rings. The fourth-order valence-corrected chi connectivity index (χ4v) is 2.83. The predicted octanol–water partition coefficient (Wildman–Crippen LogP) is 4.52. The van der Waals surface area contributed by atoms with E-state index in [-0.39, 0.29) is 0 Å². The first kappa shape index (κ1) is 19.4. The molecule has 0 aliphatic heterocycles. The molecule has 3 rings (SSSR count). The highest BCUT2D eigenvalue weighted by atomic mass is 35.5. The Hall–Kier alpha value is -2.41. The lowest BCUT2D eigenvalue weighted by Gasteiger charge is -2.13. The van der Waals surface area contributed by atoms with Crippen molar-refractivity contribution in [2.75, 3.05) is 30.9 Å². The highest BCUT2D eigenvalue weighted by molar-refractivity contribution is 6.43. The molecule has 0 aliphatic rings. The summed E-state index contributed by atoms with van der Waals surface area (Å²) in [4.78, 5) is 4.55. The maximum atomic E-state index is 6.37. The topological polar surface area (TPSA) is 72.0 Å². The maximum Gasteiger partial charge on any atom is 0.244 e. The lowest BCUT2D eigenvalue weighted by atomic mass is 10.1. The van der Waals surface area contributed by atoms with Gasteiger partial charge in [0.1, 0.15) is 5.69 Å². The molecule has 0 saturated heterocycles. The molecule has 0 aliphatic carbocycles. The maximum absolute atomic E-state index is 6.37. The molecule has 0 saturated carbocycles. The number of anilines is 2. The van der Waals surface area contributed by atoms with E-state index >= 15 is 0 Å². The molecule has 0 bridgehead atoms. The van der Waals surface area contributed by atoms with Crippen LogP contribution in [0.1, 0.15) is 5.56 Å². The first-order chi connectivity index (χ1) is 13.2.